The molecule has 3 aromatic rings. The minimum Gasteiger partial charge on any atom is -0.320 e. The van der Waals surface area contributed by atoms with Gasteiger partial charge in [-0.25, -0.2) is 0 Å². The molecule has 0 N–H and O–H groups in total. The Kier molecular flexibility index (Phi) is 4.05. The predicted octanol–water partition coefficient (Wildman–Crippen LogP) is 4.38. The van der Waals surface area contributed by atoms with Crippen molar-refractivity contribution in [2.24, 2.45) is 0 Å². The van der Waals surface area contributed by atoms with Crippen molar-refractivity contribution in [2.75, 3.05) is 0 Å². The molecule has 0 aliphatic carbocycles. The van der Waals surface area contributed by atoms with Crippen LogP contribution in [0, 0.1) is 6.92 Å². The summed E-state index contributed by atoms with van der Waals surface area (Å²) >= 11 is 0. The van der Waals surface area contributed by atoms with Crippen LogP contribution in [-0.4, -0.2) is 9.38 Å². The summed E-state index contributed by atoms with van der Waals surface area (Å²) in [7, 11) is 0. The van der Waals surface area contributed by atoms with Crippen LogP contribution < -0.4 is 0 Å². The number of hydrogen-bond donors (Lipinski definition) is 0. The van der Waals surface area contributed by atoms with E-state index >= 15 is 0 Å². The lowest BCUT2D eigenvalue weighted by Gasteiger charge is -2.06. The summed E-state index contributed by atoms with van der Waals surface area (Å²) in [6.07, 6.45) is 10.6. The van der Waals surface area contributed by atoms with Crippen molar-refractivity contribution in [1.82, 2.24) is 9.38 Å². The van der Waals surface area contributed by atoms with Crippen LogP contribution in [0.4, 0.5) is 0 Å². The summed E-state index contributed by atoms with van der Waals surface area (Å²) in [5, 5.41) is 0. The summed E-state index contributed by atoms with van der Waals surface area (Å²) in [4.78, 5) is 4.64. The van der Waals surface area contributed by atoms with Crippen molar-refractivity contribution >= 4 is 5.52 Å². The molecule has 2 nitrogen and oxygen atoms in total. The molecular weight excluding hydrogens is 256 g/mol. The molecule has 0 saturated carbocycles. The molecule has 108 valence electrons. The molecule has 0 atom stereocenters. The Labute approximate surface area is 126 Å². The molecule has 0 unspecified atom stereocenters. The average Bonchev–Trinajstić information content (AvgIpc) is 2.84. The fourth-order valence-electron chi connectivity index (χ4n) is 3.12. The molecule has 21 heavy (non-hydrogen) atoms. The van der Waals surface area contributed by atoms with Gasteiger partial charge in [-0.05, 0) is 49.3 Å². The van der Waals surface area contributed by atoms with E-state index in [1.54, 1.807) is 0 Å². The first-order chi connectivity index (χ1) is 10.3. The van der Waals surface area contributed by atoms with Crippen LogP contribution in [0.25, 0.3) is 5.52 Å². The molecule has 0 aliphatic heterocycles. The highest BCUT2D eigenvalue weighted by atomic mass is 14.9. The summed E-state index contributed by atoms with van der Waals surface area (Å²) < 4.78 is 2.24. The Balaban J connectivity index is 1.81. The second-order valence-electron chi connectivity index (χ2n) is 5.61. The Hall–Kier alpha value is -2.09. The number of aryl methyl sites for hydroxylation is 4. The normalized spacial score (nSPS) is 11.1. The zero-order valence-electron chi connectivity index (χ0n) is 12.8. The van der Waals surface area contributed by atoms with Gasteiger partial charge in [-0.15, -0.1) is 0 Å². The van der Waals surface area contributed by atoms with E-state index in [1.807, 2.05) is 6.20 Å². The molecular formula is C19H22N2. The molecule has 0 saturated heterocycles. The Bertz CT molecular complexity index is 726. The molecule has 0 radical (unpaired) electrons. The number of rotatable bonds is 5. The average molecular weight is 278 g/mol. The lowest BCUT2D eigenvalue weighted by Crippen LogP contribution is -1.98. The van der Waals surface area contributed by atoms with E-state index in [0.29, 0.717) is 0 Å². The van der Waals surface area contributed by atoms with Gasteiger partial charge in [0.2, 0.25) is 0 Å². The zero-order chi connectivity index (χ0) is 14.7. The monoisotopic (exact) mass is 278 g/mol. The van der Waals surface area contributed by atoms with Gasteiger partial charge >= 0.3 is 0 Å². The number of aromatic nitrogens is 2. The van der Waals surface area contributed by atoms with Gasteiger partial charge in [0, 0.05) is 18.6 Å². The minimum absolute atomic E-state index is 1.04. The van der Waals surface area contributed by atoms with E-state index in [2.05, 4.69) is 66.0 Å². The van der Waals surface area contributed by atoms with Crippen LogP contribution in [0.5, 0.6) is 0 Å². The standard InChI is InChI=1S/C19H22N2/c1-3-17-15(2)14-21-13-12-20-18(19(17)21)11-7-10-16-8-5-4-6-9-16/h4-6,8-9,12-14H,3,7,10-11H2,1-2H3. The van der Waals surface area contributed by atoms with E-state index in [1.165, 1.54) is 27.9 Å². The summed E-state index contributed by atoms with van der Waals surface area (Å²) in [5.41, 5.74) is 6.78. The molecule has 0 spiro atoms. The fraction of sp³-hybridized carbons (Fsp3) is 0.316. The van der Waals surface area contributed by atoms with Gasteiger partial charge in [0.15, 0.2) is 0 Å². The molecule has 0 aliphatic rings. The highest BCUT2D eigenvalue weighted by molar-refractivity contribution is 5.62. The molecule has 0 bridgehead atoms. The highest BCUT2D eigenvalue weighted by Crippen LogP contribution is 2.22. The van der Waals surface area contributed by atoms with Crippen molar-refractivity contribution in [3.05, 3.63) is 71.3 Å². The largest absolute Gasteiger partial charge is 0.320 e. The molecule has 0 fully saturated rings. The van der Waals surface area contributed by atoms with E-state index in [4.69, 9.17) is 0 Å². The van der Waals surface area contributed by atoms with Gasteiger partial charge in [-0.3, -0.25) is 4.98 Å². The molecule has 2 aromatic heterocycles. The number of nitrogens with zero attached hydrogens (tertiary/aromatic N) is 2. The predicted molar refractivity (Wildman–Crippen MR) is 87.8 cm³/mol. The van der Waals surface area contributed by atoms with Gasteiger partial charge in [-0.1, -0.05) is 37.3 Å². The Morgan fingerprint density at radius 3 is 2.67 bits per heavy atom. The van der Waals surface area contributed by atoms with Gasteiger partial charge in [0.1, 0.15) is 0 Å². The minimum atomic E-state index is 1.04. The highest BCUT2D eigenvalue weighted by Gasteiger charge is 2.10. The third-order valence-electron chi connectivity index (χ3n) is 4.16. The van der Waals surface area contributed by atoms with Crippen molar-refractivity contribution in [3.8, 4) is 0 Å². The van der Waals surface area contributed by atoms with Crippen LogP contribution in [-0.2, 0) is 19.3 Å². The van der Waals surface area contributed by atoms with E-state index in [9.17, 15) is 0 Å². The lowest BCUT2D eigenvalue weighted by atomic mass is 10.0. The van der Waals surface area contributed by atoms with Crippen LogP contribution in [0.15, 0.2) is 48.9 Å². The Morgan fingerprint density at radius 2 is 1.90 bits per heavy atom. The quantitative estimate of drug-likeness (QED) is 0.677. The summed E-state index contributed by atoms with van der Waals surface area (Å²) in [6, 6.07) is 10.7. The second kappa shape index (κ2) is 6.13. The van der Waals surface area contributed by atoms with E-state index in [-0.39, 0.29) is 0 Å². The second-order valence-corrected chi connectivity index (χ2v) is 5.61. The molecule has 0 amide bonds. The maximum atomic E-state index is 4.64. The number of benzene rings is 1. The fourth-order valence-corrected chi connectivity index (χ4v) is 3.12. The van der Waals surface area contributed by atoms with Crippen molar-refractivity contribution in [1.29, 1.82) is 0 Å². The number of fused-ring (bicyclic) bond motifs is 1. The van der Waals surface area contributed by atoms with Gasteiger partial charge < -0.3 is 4.40 Å². The zero-order valence-corrected chi connectivity index (χ0v) is 12.8. The van der Waals surface area contributed by atoms with Crippen molar-refractivity contribution in [3.63, 3.8) is 0 Å². The Morgan fingerprint density at radius 1 is 1.10 bits per heavy atom. The maximum Gasteiger partial charge on any atom is 0.0701 e. The molecule has 2 heteroatoms. The molecule has 3 rings (SSSR count). The van der Waals surface area contributed by atoms with Gasteiger partial charge in [-0.2, -0.15) is 0 Å². The molecule has 1 aromatic carbocycles. The smallest absolute Gasteiger partial charge is 0.0701 e. The number of hydrogen-bond acceptors (Lipinski definition) is 1. The van der Waals surface area contributed by atoms with E-state index < -0.39 is 0 Å². The summed E-state index contributed by atoms with van der Waals surface area (Å²) in [6.45, 7) is 4.42. The first-order valence-corrected chi connectivity index (χ1v) is 7.77. The van der Waals surface area contributed by atoms with Crippen LogP contribution >= 0.6 is 0 Å². The maximum absolute atomic E-state index is 4.64. The third-order valence-corrected chi connectivity index (χ3v) is 4.16. The first kappa shape index (κ1) is 13.9. The van der Waals surface area contributed by atoms with E-state index in [0.717, 1.165) is 25.7 Å². The summed E-state index contributed by atoms with van der Waals surface area (Å²) in [5.74, 6) is 0. The van der Waals surface area contributed by atoms with Crippen LogP contribution in [0.2, 0.25) is 0 Å². The van der Waals surface area contributed by atoms with Crippen molar-refractivity contribution < 1.29 is 0 Å². The van der Waals surface area contributed by atoms with Crippen LogP contribution in [0.3, 0.4) is 0 Å². The third kappa shape index (κ3) is 2.85. The first-order valence-electron chi connectivity index (χ1n) is 7.77. The SMILES string of the molecule is CCc1c(C)cn2ccnc(CCCc3ccccc3)c12. The lowest BCUT2D eigenvalue weighted by molar-refractivity contribution is 0.798. The molecule has 2 heterocycles. The van der Waals surface area contributed by atoms with Crippen LogP contribution in [0.1, 0.15) is 35.7 Å². The topological polar surface area (TPSA) is 17.3 Å². The van der Waals surface area contributed by atoms with Crippen molar-refractivity contribution in [2.45, 2.75) is 39.5 Å². The van der Waals surface area contributed by atoms with Gasteiger partial charge in [0.25, 0.3) is 0 Å². The van der Waals surface area contributed by atoms with Gasteiger partial charge in [0.05, 0.1) is 11.2 Å².